The Balaban J connectivity index is 2.03. The van der Waals surface area contributed by atoms with Crippen molar-refractivity contribution in [2.45, 2.75) is 51.0 Å². The molecule has 1 aliphatic heterocycles. The summed E-state index contributed by atoms with van der Waals surface area (Å²) in [4.78, 5) is 22.1. The highest BCUT2D eigenvalue weighted by Gasteiger charge is 2.36. The van der Waals surface area contributed by atoms with Gasteiger partial charge in [0.25, 0.3) is 0 Å². The summed E-state index contributed by atoms with van der Waals surface area (Å²) in [5.41, 5.74) is 0.501. The predicted octanol–water partition coefficient (Wildman–Crippen LogP) is 2.61. The summed E-state index contributed by atoms with van der Waals surface area (Å²) in [6.45, 7) is 0. The number of carbonyl (C=O) groups is 2. The van der Waals surface area contributed by atoms with Gasteiger partial charge in [0.15, 0.2) is 0 Å². The van der Waals surface area contributed by atoms with E-state index in [1.54, 1.807) is 21.3 Å². The lowest BCUT2D eigenvalue weighted by Crippen LogP contribution is -2.42. The van der Waals surface area contributed by atoms with E-state index in [2.05, 4.69) is 4.74 Å². The molecule has 7 heteroatoms. The molecule has 0 saturated carbocycles. The Morgan fingerprint density at radius 3 is 1.95 bits per heavy atom. The van der Waals surface area contributed by atoms with Crippen molar-refractivity contribution >= 4 is 20.7 Å². The summed E-state index contributed by atoms with van der Waals surface area (Å²) < 4.78 is 20.6. The van der Waals surface area contributed by atoms with Crippen molar-refractivity contribution in [2.24, 2.45) is 0 Å². The fourth-order valence-electron chi connectivity index (χ4n) is 2.48. The molecule has 0 aromatic carbocycles. The van der Waals surface area contributed by atoms with Gasteiger partial charge in [0.2, 0.25) is 0 Å². The van der Waals surface area contributed by atoms with Crippen molar-refractivity contribution < 1.29 is 27.6 Å². The highest BCUT2D eigenvalue weighted by Crippen LogP contribution is 2.19. The van der Waals surface area contributed by atoms with Gasteiger partial charge in [0.05, 0.1) is 0 Å². The second kappa shape index (κ2) is 9.89. The Labute approximate surface area is 133 Å². The fourth-order valence-corrected chi connectivity index (χ4v) is 4.28. The first-order chi connectivity index (χ1) is 10.6. The molecule has 0 amide bonds. The third-order valence-corrected chi connectivity index (χ3v) is 6.69. The van der Waals surface area contributed by atoms with Crippen molar-refractivity contribution in [3.05, 3.63) is 11.6 Å². The third kappa shape index (κ3) is 6.00. The Morgan fingerprint density at radius 2 is 1.45 bits per heavy atom. The average Bonchev–Trinajstić information content (AvgIpc) is 2.84. The molecule has 0 N–H and O–H groups in total. The zero-order valence-corrected chi connectivity index (χ0v) is 14.7. The van der Waals surface area contributed by atoms with Gasteiger partial charge in [-0.15, -0.1) is 0 Å². The maximum atomic E-state index is 11.2. The van der Waals surface area contributed by atoms with E-state index in [-0.39, 0.29) is 0 Å². The highest BCUT2D eigenvalue weighted by molar-refractivity contribution is 6.60. The zero-order chi connectivity index (χ0) is 16.4. The molecule has 1 rings (SSSR count). The van der Waals surface area contributed by atoms with E-state index in [0.29, 0.717) is 12.0 Å². The molecule has 0 saturated heterocycles. The molecule has 0 fully saturated rings. The first kappa shape index (κ1) is 19.0. The number of carbonyl (C=O) groups excluding carboxylic acids is 2. The first-order valence-electron chi connectivity index (χ1n) is 7.69. The number of rotatable bonds is 12. The van der Waals surface area contributed by atoms with E-state index < -0.39 is 20.7 Å². The topological polar surface area (TPSA) is 71.1 Å². The van der Waals surface area contributed by atoms with Crippen LogP contribution in [0.25, 0.3) is 0 Å². The number of ether oxygens (including phenoxy) is 1. The van der Waals surface area contributed by atoms with Crippen molar-refractivity contribution in [1.82, 2.24) is 0 Å². The van der Waals surface area contributed by atoms with E-state index in [0.717, 1.165) is 44.6 Å². The first-order valence-corrected chi connectivity index (χ1v) is 9.62. The summed E-state index contributed by atoms with van der Waals surface area (Å²) in [6, 6.07) is 0.831. The standard InChI is InChI=1S/C15H26O6Si/c1-18-22(19-2,20-3)11-9-7-5-4-6-8-10-13-12-14(16)21-15(13)17/h12H,4-11H2,1-3H3. The van der Waals surface area contributed by atoms with Crippen LogP contribution in [0.15, 0.2) is 11.6 Å². The molecule has 0 spiro atoms. The minimum Gasteiger partial charge on any atom is -0.386 e. The molecule has 0 aromatic heterocycles. The minimum absolute atomic E-state index is 0.481. The lowest BCUT2D eigenvalue weighted by Gasteiger charge is -2.24. The largest absolute Gasteiger partial charge is 0.500 e. The molecule has 0 bridgehead atoms. The number of cyclic esters (lactones) is 2. The van der Waals surface area contributed by atoms with E-state index in [1.165, 1.54) is 6.08 Å². The number of hydrogen-bond donors (Lipinski definition) is 0. The van der Waals surface area contributed by atoms with E-state index in [4.69, 9.17) is 13.3 Å². The molecule has 0 radical (unpaired) electrons. The zero-order valence-electron chi connectivity index (χ0n) is 13.7. The van der Waals surface area contributed by atoms with Crippen LogP contribution >= 0.6 is 0 Å². The molecule has 1 aliphatic rings. The van der Waals surface area contributed by atoms with Crippen LogP contribution in [0, 0.1) is 0 Å². The van der Waals surface area contributed by atoms with Crippen LogP contribution in [0.5, 0.6) is 0 Å². The third-order valence-electron chi connectivity index (χ3n) is 3.86. The summed E-state index contributed by atoms with van der Waals surface area (Å²) in [6.07, 6.45) is 8.23. The van der Waals surface area contributed by atoms with Gasteiger partial charge in [-0.3, -0.25) is 0 Å². The van der Waals surface area contributed by atoms with E-state index in [9.17, 15) is 9.59 Å². The normalized spacial score (nSPS) is 15.1. The fraction of sp³-hybridized carbons (Fsp3) is 0.733. The molecule has 1 heterocycles. The van der Waals surface area contributed by atoms with Gasteiger partial charge in [-0.2, -0.15) is 0 Å². The molecule has 126 valence electrons. The van der Waals surface area contributed by atoms with Crippen LogP contribution in [0.4, 0.5) is 0 Å². The molecule has 0 aliphatic carbocycles. The summed E-state index contributed by atoms with van der Waals surface area (Å²) in [5, 5.41) is 0. The van der Waals surface area contributed by atoms with Crippen molar-refractivity contribution in [1.29, 1.82) is 0 Å². The van der Waals surface area contributed by atoms with Gasteiger partial charge in [0.1, 0.15) is 0 Å². The van der Waals surface area contributed by atoms with Crippen molar-refractivity contribution in [3.8, 4) is 0 Å². The summed E-state index contributed by atoms with van der Waals surface area (Å²) in [5.74, 6) is -1.02. The average molecular weight is 330 g/mol. The van der Waals surface area contributed by atoms with Crippen LogP contribution in [0.1, 0.15) is 44.9 Å². The molecule has 0 aromatic rings. The maximum Gasteiger partial charge on any atom is 0.500 e. The van der Waals surface area contributed by atoms with Gasteiger partial charge < -0.3 is 18.0 Å². The molecule has 22 heavy (non-hydrogen) atoms. The number of esters is 2. The number of unbranched alkanes of at least 4 members (excludes halogenated alkanes) is 5. The highest BCUT2D eigenvalue weighted by atomic mass is 28.4. The van der Waals surface area contributed by atoms with Crippen molar-refractivity contribution in [2.75, 3.05) is 21.3 Å². The van der Waals surface area contributed by atoms with Crippen LogP contribution in [-0.2, 0) is 27.6 Å². The molecular weight excluding hydrogens is 304 g/mol. The Morgan fingerprint density at radius 1 is 0.909 bits per heavy atom. The maximum absolute atomic E-state index is 11.2. The lowest BCUT2D eigenvalue weighted by atomic mass is 10.1. The monoisotopic (exact) mass is 330 g/mol. The van der Waals surface area contributed by atoms with Gasteiger partial charge in [0, 0.05) is 39.0 Å². The molecular formula is C15H26O6Si. The van der Waals surface area contributed by atoms with Crippen molar-refractivity contribution in [3.63, 3.8) is 0 Å². The second-order valence-corrected chi connectivity index (χ2v) is 8.39. The second-order valence-electron chi connectivity index (χ2n) is 5.29. The molecule has 0 atom stereocenters. The summed E-state index contributed by atoms with van der Waals surface area (Å²) >= 11 is 0. The van der Waals surface area contributed by atoms with Crippen LogP contribution in [0.2, 0.25) is 6.04 Å². The SMILES string of the molecule is CO[Si](CCCCCCCCC1=CC(=O)OC1=O)(OC)OC. The van der Waals surface area contributed by atoms with Crippen LogP contribution in [0.3, 0.4) is 0 Å². The van der Waals surface area contributed by atoms with E-state index >= 15 is 0 Å². The number of hydrogen-bond acceptors (Lipinski definition) is 6. The lowest BCUT2D eigenvalue weighted by molar-refractivity contribution is -0.150. The minimum atomic E-state index is -2.42. The molecule has 6 nitrogen and oxygen atoms in total. The van der Waals surface area contributed by atoms with Crippen LogP contribution < -0.4 is 0 Å². The van der Waals surface area contributed by atoms with E-state index in [1.807, 2.05) is 0 Å². The van der Waals surface area contributed by atoms with Gasteiger partial charge in [-0.25, -0.2) is 9.59 Å². The molecule has 0 unspecified atom stereocenters. The Bertz CT molecular complexity index is 395. The van der Waals surface area contributed by atoms with Gasteiger partial charge in [-0.05, 0) is 19.3 Å². The Hall–Kier alpha value is -1.02. The van der Waals surface area contributed by atoms with Crippen LogP contribution in [-0.4, -0.2) is 42.1 Å². The van der Waals surface area contributed by atoms with Gasteiger partial charge >= 0.3 is 20.7 Å². The smallest absolute Gasteiger partial charge is 0.386 e. The van der Waals surface area contributed by atoms with Gasteiger partial charge in [-0.1, -0.05) is 25.7 Å². The predicted molar refractivity (Wildman–Crippen MR) is 83.1 cm³/mol. The Kier molecular flexibility index (Phi) is 8.55. The summed E-state index contributed by atoms with van der Waals surface area (Å²) in [7, 11) is 2.48. The quantitative estimate of drug-likeness (QED) is 0.237.